The minimum Gasteiger partial charge on any atom is -0.480 e. The normalized spacial score (nSPS) is 17.7. The standard InChI is InChI=1S/C23H21NO5/c1-14(29-23(28)24-20(22(26)27)12-13-21(24)25)10-11-19-17-8-4-2-6-15(17)16-7-3-5-9-18(16)19/h2-9,19-20H,1,10-13H2,(H,26,27)/t20-/m0/s1. The molecule has 1 fully saturated rings. The molecule has 6 heteroatoms. The number of benzene rings is 2. The van der Waals surface area contributed by atoms with Crippen molar-refractivity contribution in [2.24, 2.45) is 0 Å². The number of rotatable bonds is 5. The van der Waals surface area contributed by atoms with Crippen molar-refractivity contribution in [2.45, 2.75) is 37.6 Å². The van der Waals surface area contributed by atoms with Crippen LogP contribution in [0.5, 0.6) is 0 Å². The SMILES string of the molecule is C=C(CCC1c2ccccc2-c2ccccc21)OC(=O)N1C(=O)CC[C@H]1C(=O)O. The van der Waals surface area contributed by atoms with Crippen molar-refractivity contribution in [1.29, 1.82) is 0 Å². The first-order valence-electron chi connectivity index (χ1n) is 9.60. The van der Waals surface area contributed by atoms with Gasteiger partial charge in [0.15, 0.2) is 0 Å². The van der Waals surface area contributed by atoms with E-state index in [2.05, 4.69) is 30.8 Å². The molecule has 1 heterocycles. The number of hydrogen-bond donors (Lipinski definition) is 1. The van der Waals surface area contributed by atoms with Crippen LogP contribution in [0.1, 0.15) is 42.7 Å². The third kappa shape index (κ3) is 3.42. The molecule has 0 radical (unpaired) electrons. The number of hydrogen-bond acceptors (Lipinski definition) is 4. The smallest absolute Gasteiger partial charge is 0.422 e. The van der Waals surface area contributed by atoms with Crippen LogP contribution < -0.4 is 0 Å². The average Bonchev–Trinajstić information content (AvgIpc) is 3.25. The van der Waals surface area contributed by atoms with Crippen molar-refractivity contribution in [1.82, 2.24) is 4.90 Å². The second kappa shape index (κ2) is 7.54. The van der Waals surface area contributed by atoms with E-state index >= 15 is 0 Å². The summed E-state index contributed by atoms with van der Waals surface area (Å²) in [6, 6.07) is 15.3. The number of imide groups is 1. The summed E-state index contributed by atoms with van der Waals surface area (Å²) in [5.41, 5.74) is 4.88. The van der Waals surface area contributed by atoms with Crippen molar-refractivity contribution in [2.75, 3.05) is 0 Å². The van der Waals surface area contributed by atoms with Crippen LogP contribution in [0.2, 0.25) is 0 Å². The first kappa shape index (κ1) is 18.9. The summed E-state index contributed by atoms with van der Waals surface area (Å²) in [4.78, 5) is 36.2. The Morgan fingerprint density at radius 2 is 1.66 bits per heavy atom. The molecular weight excluding hydrogens is 370 g/mol. The van der Waals surface area contributed by atoms with Gasteiger partial charge in [-0.2, -0.15) is 0 Å². The molecule has 0 saturated carbocycles. The van der Waals surface area contributed by atoms with E-state index < -0.39 is 24.0 Å². The van der Waals surface area contributed by atoms with Gasteiger partial charge in [-0.15, -0.1) is 0 Å². The highest BCUT2D eigenvalue weighted by molar-refractivity contribution is 5.99. The lowest BCUT2D eigenvalue weighted by Crippen LogP contribution is -2.43. The number of carbonyl (C=O) groups is 3. The number of aliphatic carboxylic acids is 1. The molecule has 1 aliphatic carbocycles. The average molecular weight is 391 g/mol. The molecule has 1 saturated heterocycles. The van der Waals surface area contributed by atoms with Crippen LogP contribution >= 0.6 is 0 Å². The molecule has 0 unspecified atom stereocenters. The van der Waals surface area contributed by atoms with Gasteiger partial charge in [-0.05, 0) is 35.1 Å². The predicted molar refractivity (Wildman–Crippen MR) is 106 cm³/mol. The Morgan fingerprint density at radius 3 is 2.24 bits per heavy atom. The number of allylic oxidation sites excluding steroid dienone is 1. The van der Waals surface area contributed by atoms with E-state index in [9.17, 15) is 19.5 Å². The van der Waals surface area contributed by atoms with Crippen molar-refractivity contribution in [3.63, 3.8) is 0 Å². The third-order valence-electron chi connectivity index (χ3n) is 5.60. The van der Waals surface area contributed by atoms with Crippen LogP contribution in [0, 0.1) is 0 Å². The quantitative estimate of drug-likeness (QED) is 0.768. The summed E-state index contributed by atoms with van der Waals surface area (Å²) in [5, 5.41) is 9.19. The van der Waals surface area contributed by atoms with Gasteiger partial charge in [-0.3, -0.25) is 4.79 Å². The largest absolute Gasteiger partial charge is 0.480 e. The van der Waals surface area contributed by atoms with E-state index in [0.29, 0.717) is 17.7 Å². The number of fused-ring (bicyclic) bond motifs is 3. The Bertz CT molecular complexity index is 966. The van der Waals surface area contributed by atoms with Crippen LogP contribution in [-0.2, 0) is 14.3 Å². The maximum Gasteiger partial charge on any atom is 0.422 e. The van der Waals surface area contributed by atoms with Gasteiger partial charge in [0.1, 0.15) is 11.8 Å². The number of nitrogens with zero attached hydrogens (tertiary/aromatic N) is 1. The van der Waals surface area contributed by atoms with Gasteiger partial charge in [-0.25, -0.2) is 14.5 Å². The van der Waals surface area contributed by atoms with Crippen LogP contribution in [0.15, 0.2) is 60.9 Å². The number of carboxylic acid groups (broad SMARTS) is 1. The van der Waals surface area contributed by atoms with E-state index in [1.807, 2.05) is 24.3 Å². The molecule has 29 heavy (non-hydrogen) atoms. The minimum absolute atomic E-state index is 0.0220. The third-order valence-corrected chi connectivity index (χ3v) is 5.60. The molecule has 0 aromatic heterocycles. The number of ether oxygens (including phenoxy) is 1. The topological polar surface area (TPSA) is 83.9 Å². The van der Waals surface area contributed by atoms with Gasteiger partial charge < -0.3 is 9.84 Å². The summed E-state index contributed by atoms with van der Waals surface area (Å²) < 4.78 is 5.23. The highest BCUT2D eigenvalue weighted by Gasteiger charge is 2.41. The Morgan fingerprint density at radius 1 is 1.07 bits per heavy atom. The summed E-state index contributed by atoms with van der Waals surface area (Å²) in [7, 11) is 0. The second-order valence-electron chi connectivity index (χ2n) is 7.33. The molecule has 1 aliphatic heterocycles. The molecule has 2 amide bonds. The Hall–Kier alpha value is -3.41. The number of likely N-dealkylation sites (tertiary alicyclic amines) is 1. The van der Waals surface area contributed by atoms with Gasteiger partial charge in [0.05, 0.1) is 0 Å². The summed E-state index contributed by atoms with van der Waals surface area (Å²) in [6.45, 7) is 3.81. The Kier molecular flexibility index (Phi) is 4.92. The van der Waals surface area contributed by atoms with Crippen molar-refractivity contribution >= 4 is 18.0 Å². The molecule has 1 atom stereocenters. The van der Waals surface area contributed by atoms with Crippen molar-refractivity contribution in [3.05, 3.63) is 72.0 Å². The zero-order chi connectivity index (χ0) is 20.5. The van der Waals surface area contributed by atoms with E-state index in [-0.39, 0.29) is 24.5 Å². The molecule has 2 aliphatic rings. The lowest BCUT2D eigenvalue weighted by molar-refractivity contribution is -0.144. The number of carbonyl (C=O) groups excluding carboxylic acids is 2. The summed E-state index contributed by atoms with van der Waals surface area (Å²) in [6.07, 6.45) is 0.270. The van der Waals surface area contributed by atoms with E-state index in [1.54, 1.807) is 0 Å². The first-order valence-corrected chi connectivity index (χ1v) is 9.60. The molecule has 4 rings (SSSR count). The predicted octanol–water partition coefficient (Wildman–Crippen LogP) is 4.31. The van der Waals surface area contributed by atoms with Gasteiger partial charge >= 0.3 is 12.1 Å². The van der Waals surface area contributed by atoms with Crippen LogP contribution in [0.25, 0.3) is 11.1 Å². The lowest BCUT2D eigenvalue weighted by Gasteiger charge is -2.20. The van der Waals surface area contributed by atoms with Gasteiger partial charge in [0.2, 0.25) is 5.91 Å². The Balaban J connectivity index is 1.43. The molecular formula is C23H21NO5. The van der Waals surface area contributed by atoms with Crippen LogP contribution in [0.3, 0.4) is 0 Å². The number of amides is 2. The first-order chi connectivity index (χ1) is 14.0. The molecule has 1 N–H and O–H groups in total. The fraction of sp³-hybridized carbons (Fsp3) is 0.261. The maximum atomic E-state index is 12.3. The molecule has 148 valence electrons. The molecule has 0 bridgehead atoms. The zero-order valence-corrected chi connectivity index (χ0v) is 15.8. The zero-order valence-electron chi connectivity index (χ0n) is 15.8. The van der Waals surface area contributed by atoms with Gasteiger partial charge in [0, 0.05) is 18.8 Å². The molecule has 0 spiro atoms. The van der Waals surface area contributed by atoms with Crippen molar-refractivity contribution in [3.8, 4) is 11.1 Å². The van der Waals surface area contributed by atoms with E-state index in [4.69, 9.17) is 4.74 Å². The fourth-order valence-corrected chi connectivity index (χ4v) is 4.25. The molecule has 6 nitrogen and oxygen atoms in total. The maximum absolute atomic E-state index is 12.3. The van der Waals surface area contributed by atoms with Gasteiger partial charge in [0.25, 0.3) is 0 Å². The molecule has 2 aromatic rings. The van der Waals surface area contributed by atoms with Crippen LogP contribution in [0.4, 0.5) is 4.79 Å². The monoisotopic (exact) mass is 391 g/mol. The van der Waals surface area contributed by atoms with Gasteiger partial charge in [-0.1, -0.05) is 55.1 Å². The fourth-order valence-electron chi connectivity index (χ4n) is 4.25. The van der Waals surface area contributed by atoms with E-state index in [1.165, 1.54) is 22.3 Å². The highest BCUT2D eigenvalue weighted by Crippen LogP contribution is 2.46. The van der Waals surface area contributed by atoms with Crippen molar-refractivity contribution < 1.29 is 24.2 Å². The summed E-state index contributed by atoms with van der Waals surface area (Å²) >= 11 is 0. The highest BCUT2D eigenvalue weighted by atomic mass is 16.6. The number of carboxylic acids is 1. The van der Waals surface area contributed by atoms with E-state index in [0.717, 1.165) is 0 Å². The van der Waals surface area contributed by atoms with Crippen LogP contribution in [-0.4, -0.2) is 34.0 Å². The second-order valence-corrected chi connectivity index (χ2v) is 7.33. The molecule has 2 aromatic carbocycles. The Labute approximate surface area is 168 Å². The summed E-state index contributed by atoms with van der Waals surface area (Å²) in [5.74, 6) is -1.36. The lowest BCUT2D eigenvalue weighted by atomic mass is 9.92. The minimum atomic E-state index is -1.21.